The van der Waals surface area contributed by atoms with Gasteiger partial charge >= 0.3 is 0 Å². The average Bonchev–Trinajstić information content (AvgIpc) is 2.78. The van der Waals surface area contributed by atoms with E-state index in [1.54, 1.807) is 17.4 Å². The van der Waals surface area contributed by atoms with Gasteiger partial charge in [-0.25, -0.2) is 4.39 Å². The summed E-state index contributed by atoms with van der Waals surface area (Å²) in [6.45, 7) is 5.81. The van der Waals surface area contributed by atoms with Crippen LogP contribution >= 0.6 is 11.3 Å². The van der Waals surface area contributed by atoms with Crippen LogP contribution in [0.5, 0.6) is 0 Å². The van der Waals surface area contributed by atoms with Gasteiger partial charge in [0.15, 0.2) is 0 Å². The van der Waals surface area contributed by atoms with Gasteiger partial charge in [0.1, 0.15) is 5.82 Å². The molecule has 2 aromatic rings. The van der Waals surface area contributed by atoms with Gasteiger partial charge in [0.25, 0.3) is 0 Å². The minimum atomic E-state index is -0.135. The van der Waals surface area contributed by atoms with E-state index in [4.69, 9.17) is 0 Å². The molecule has 0 bridgehead atoms. The molecule has 1 aromatic carbocycles. The van der Waals surface area contributed by atoms with Crippen LogP contribution in [0.15, 0.2) is 35.0 Å². The molecule has 0 fully saturated rings. The molecule has 0 aliphatic rings. The Balaban J connectivity index is 0.000000531. The van der Waals surface area contributed by atoms with Gasteiger partial charge in [0.2, 0.25) is 0 Å². The van der Waals surface area contributed by atoms with E-state index in [0.29, 0.717) is 0 Å². The average molecular weight is 222 g/mol. The number of thiophene rings is 1. The van der Waals surface area contributed by atoms with E-state index < -0.39 is 0 Å². The minimum Gasteiger partial charge on any atom is -0.207 e. The molecule has 0 saturated carbocycles. The van der Waals surface area contributed by atoms with Crippen LogP contribution in [0.2, 0.25) is 0 Å². The second kappa shape index (κ2) is 5.66. The van der Waals surface area contributed by atoms with Gasteiger partial charge < -0.3 is 0 Å². The summed E-state index contributed by atoms with van der Waals surface area (Å²) in [7, 11) is 0. The van der Waals surface area contributed by atoms with Crippen LogP contribution in [0.3, 0.4) is 0 Å². The van der Waals surface area contributed by atoms with Crippen LogP contribution in [0, 0.1) is 12.7 Å². The molecule has 0 N–H and O–H groups in total. The van der Waals surface area contributed by atoms with E-state index in [1.807, 2.05) is 43.7 Å². The van der Waals surface area contributed by atoms with E-state index in [1.165, 1.54) is 6.07 Å². The number of halogens is 1. The molecule has 2 rings (SSSR count). The highest BCUT2D eigenvalue weighted by molar-refractivity contribution is 7.08. The van der Waals surface area contributed by atoms with E-state index in [2.05, 4.69) is 0 Å². The standard InChI is InChI=1S/C11H9FS.C2H6/c1-8-10(3-2-4-11(8)12)9-5-6-13-7-9;1-2/h2-7H,1H3;1-2H3. The zero-order valence-electron chi connectivity index (χ0n) is 9.25. The van der Waals surface area contributed by atoms with Gasteiger partial charge in [-0.3, -0.25) is 0 Å². The van der Waals surface area contributed by atoms with Crippen LogP contribution in [0.1, 0.15) is 19.4 Å². The summed E-state index contributed by atoms with van der Waals surface area (Å²) in [5.74, 6) is -0.135. The SMILES string of the molecule is CC.Cc1c(F)cccc1-c1ccsc1. The second-order valence-corrected chi connectivity index (χ2v) is 3.70. The number of rotatable bonds is 1. The third-order valence-corrected chi connectivity index (χ3v) is 2.78. The summed E-state index contributed by atoms with van der Waals surface area (Å²) in [5, 5.41) is 4.03. The Bertz CT molecular complexity index is 404. The quantitative estimate of drug-likeness (QED) is 0.644. The first-order chi connectivity index (χ1) is 7.29. The van der Waals surface area contributed by atoms with E-state index in [9.17, 15) is 4.39 Å². The summed E-state index contributed by atoms with van der Waals surface area (Å²) in [4.78, 5) is 0. The van der Waals surface area contributed by atoms with Crippen LogP contribution in [0.4, 0.5) is 4.39 Å². The third kappa shape index (κ3) is 2.66. The van der Waals surface area contributed by atoms with Crippen molar-refractivity contribution in [3.8, 4) is 11.1 Å². The van der Waals surface area contributed by atoms with Crippen molar-refractivity contribution in [2.45, 2.75) is 20.8 Å². The van der Waals surface area contributed by atoms with Crippen LogP contribution in [-0.2, 0) is 0 Å². The van der Waals surface area contributed by atoms with Crippen molar-refractivity contribution in [1.82, 2.24) is 0 Å². The first-order valence-electron chi connectivity index (χ1n) is 5.07. The molecule has 0 unspecified atom stereocenters. The van der Waals surface area contributed by atoms with Crippen molar-refractivity contribution in [3.05, 3.63) is 46.4 Å². The highest BCUT2D eigenvalue weighted by Crippen LogP contribution is 2.26. The summed E-state index contributed by atoms with van der Waals surface area (Å²) in [6, 6.07) is 7.19. The van der Waals surface area contributed by atoms with Crippen molar-refractivity contribution in [3.63, 3.8) is 0 Å². The zero-order valence-corrected chi connectivity index (χ0v) is 10.1. The first kappa shape index (κ1) is 11.9. The van der Waals surface area contributed by atoms with Gasteiger partial charge in [-0.05, 0) is 46.5 Å². The monoisotopic (exact) mass is 222 g/mol. The van der Waals surface area contributed by atoms with Gasteiger partial charge in [0.05, 0.1) is 0 Å². The fourth-order valence-corrected chi connectivity index (χ4v) is 1.99. The van der Waals surface area contributed by atoms with Gasteiger partial charge in [-0.15, -0.1) is 0 Å². The Morgan fingerprint density at radius 1 is 1.13 bits per heavy atom. The molecule has 0 aliphatic heterocycles. The van der Waals surface area contributed by atoms with Crippen molar-refractivity contribution < 1.29 is 4.39 Å². The number of benzene rings is 1. The molecule has 0 spiro atoms. The van der Waals surface area contributed by atoms with Crippen LogP contribution < -0.4 is 0 Å². The molecule has 15 heavy (non-hydrogen) atoms. The van der Waals surface area contributed by atoms with Gasteiger partial charge in [-0.2, -0.15) is 11.3 Å². The lowest BCUT2D eigenvalue weighted by molar-refractivity contribution is 0.619. The molecule has 0 nitrogen and oxygen atoms in total. The maximum absolute atomic E-state index is 13.2. The molecule has 0 atom stereocenters. The lowest BCUT2D eigenvalue weighted by atomic mass is 10.0. The fraction of sp³-hybridized carbons (Fsp3) is 0.231. The second-order valence-electron chi connectivity index (χ2n) is 2.92. The molecule has 0 radical (unpaired) electrons. The van der Waals surface area contributed by atoms with Crippen molar-refractivity contribution in [1.29, 1.82) is 0 Å². The third-order valence-electron chi connectivity index (χ3n) is 2.10. The molecule has 0 amide bonds. The highest BCUT2D eigenvalue weighted by atomic mass is 32.1. The molecule has 0 saturated heterocycles. The maximum atomic E-state index is 13.2. The topological polar surface area (TPSA) is 0 Å². The highest BCUT2D eigenvalue weighted by Gasteiger charge is 2.04. The largest absolute Gasteiger partial charge is 0.207 e. The van der Waals surface area contributed by atoms with E-state index in [0.717, 1.165) is 16.7 Å². The van der Waals surface area contributed by atoms with Crippen molar-refractivity contribution >= 4 is 11.3 Å². The first-order valence-corrected chi connectivity index (χ1v) is 6.01. The molecule has 80 valence electrons. The Kier molecular flexibility index (Phi) is 4.50. The summed E-state index contributed by atoms with van der Waals surface area (Å²) in [5.41, 5.74) is 2.81. The summed E-state index contributed by atoms with van der Waals surface area (Å²) >= 11 is 1.63. The summed E-state index contributed by atoms with van der Waals surface area (Å²) in [6.07, 6.45) is 0. The number of hydrogen-bond acceptors (Lipinski definition) is 1. The van der Waals surface area contributed by atoms with Crippen LogP contribution in [0.25, 0.3) is 11.1 Å². The predicted octanol–water partition coefficient (Wildman–Crippen LogP) is 4.89. The molecule has 0 aliphatic carbocycles. The lowest BCUT2D eigenvalue weighted by Gasteiger charge is -2.03. The fourth-order valence-electron chi connectivity index (χ4n) is 1.34. The predicted molar refractivity (Wildman–Crippen MR) is 65.8 cm³/mol. The van der Waals surface area contributed by atoms with E-state index >= 15 is 0 Å². The Morgan fingerprint density at radius 2 is 1.87 bits per heavy atom. The maximum Gasteiger partial charge on any atom is 0.126 e. The van der Waals surface area contributed by atoms with Gasteiger partial charge in [-0.1, -0.05) is 26.0 Å². The van der Waals surface area contributed by atoms with Crippen molar-refractivity contribution in [2.75, 3.05) is 0 Å². The van der Waals surface area contributed by atoms with Crippen LogP contribution in [-0.4, -0.2) is 0 Å². The Labute approximate surface area is 94.4 Å². The molecular formula is C13H15FS. The number of hydrogen-bond donors (Lipinski definition) is 0. The summed E-state index contributed by atoms with van der Waals surface area (Å²) < 4.78 is 13.2. The molecule has 1 heterocycles. The normalized spacial score (nSPS) is 9.33. The molecule has 1 aromatic heterocycles. The minimum absolute atomic E-state index is 0.135. The molecule has 2 heteroatoms. The Hall–Kier alpha value is -1.15. The molecular weight excluding hydrogens is 207 g/mol. The zero-order chi connectivity index (χ0) is 11.3. The smallest absolute Gasteiger partial charge is 0.126 e. The Morgan fingerprint density at radius 3 is 2.47 bits per heavy atom. The lowest BCUT2D eigenvalue weighted by Crippen LogP contribution is -1.85. The van der Waals surface area contributed by atoms with E-state index in [-0.39, 0.29) is 5.82 Å². The van der Waals surface area contributed by atoms with Crippen molar-refractivity contribution in [2.24, 2.45) is 0 Å². The van der Waals surface area contributed by atoms with Gasteiger partial charge in [0, 0.05) is 0 Å².